The Labute approximate surface area is 339 Å². The molecular formula is C41H56N10O7. The zero-order chi connectivity index (χ0) is 42.4. The summed E-state index contributed by atoms with van der Waals surface area (Å²) in [4.78, 5) is 59.3. The monoisotopic (exact) mass is 800 g/mol. The minimum Gasteiger partial charge on any atom is -0.494 e. The Morgan fingerprint density at radius 3 is 2.41 bits per heavy atom. The second-order valence-electron chi connectivity index (χ2n) is 14.4. The van der Waals surface area contributed by atoms with E-state index in [1.165, 1.54) is 13.2 Å². The second-order valence-corrected chi connectivity index (χ2v) is 14.4. The second kappa shape index (κ2) is 20.7. The Morgan fingerprint density at radius 1 is 1.03 bits per heavy atom. The lowest BCUT2D eigenvalue weighted by Gasteiger charge is -2.35. The highest BCUT2D eigenvalue weighted by molar-refractivity contribution is 5.96. The summed E-state index contributed by atoms with van der Waals surface area (Å²) in [5, 5.41) is 10.6. The first-order valence-corrected chi connectivity index (χ1v) is 19.0. The molecule has 1 aliphatic rings. The number of nitrogens with one attached hydrogen (secondary N) is 2. The van der Waals surface area contributed by atoms with Gasteiger partial charge >= 0.3 is 6.09 Å². The molecule has 0 atom stereocenters. The van der Waals surface area contributed by atoms with Gasteiger partial charge < -0.3 is 46.1 Å². The number of ether oxygens (including phenoxy) is 3. The SMILES string of the molecule is C=Nc1cc(C=O)cc(OC)c1N(C/C=C/CNc1c(N)cc(C(N)=O)cc1OC/C=C/CN1CCN(C(=O)OC(C)(C)C)CC1)CNC(=O)c1cc(C)nn1CC. The summed E-state index contributed by atoms with van der Waals surface area (Å²) in [7, 11) is 1.49. The first kappa shape index (κ1) is 44.4. The topological polar surface area (TPSA) is 212 Å². The fourth-order valence-corrected chi connectivity index (χ4v) is 6.14. The van der Waals surface area contributed by atoms with E-state index < -0.39 is 11.5 Å². The van der Waals surface area contributed by atoms with E-state index in [1.807, 2.05) is 63.8 Å². The molecule has 3 amide bonds. The lowest BCUT2D eigenvalue weighted by molar-refractivity contribution is 0.0154. The smallest absolute Gasteiger partial charge is 0.410 e. The molecule has 1 aliphatic heterocycles. The van der Waals surface area contributed by atoms with Crippen molar-refractivity contribution in [3.05, 3.63) is 77.2 Å². The number of anilines is 3. The minimum atomic E-state index is -0.643. The van der Waals surface area contributed by atoms with Crippen LogP contribution < -0.4 is 36.5 Å². The number of rotatable bonds is 19. The van der Waals surface area contributed by atoms with E-state index in [-0.39, 0.29) is 43.1 Å². The zero-order valence-electron chi connectivity index (χ0n) is 34.2. The molecule has 312 valence electrons. The third-order valence-corrected chi connectivity index (χ3v) is 8.98. The van der Waals surface area contributed by atoms with Crippen molar-refractivity contribution in [2.45, 2.75) is 46.8 Å². The lowest BCUT2D eigenvalue weighted by atomic mass is 10.1. The minimum absolute atomic E-state index is 0.0547. The largest absolute Gasteiger partial charge is 0.494 e. The summed E-state index contributed by atoms with van der Waals surface area (Å²) in [6, 6.07) is 7.95. The van der Waals surface area contributed by atoms with Crippen molar-refractivity contribution >= 4 is 53.7 Å². The van der Waals surface area contributed by atoms with E-state index in [9.17, 15) is 19.2 Å². The summed E-state index contributed by atoms with van der Waals surface area (Å²) in [5.74, 6) is -0.229. The van der Waals surface area contributed by atoms with Gasteiger partial charge in [-0.1, -0.05) is 24.3 Å². The molecule has 1 saturated heterocycles. The maximum Gasteiger partial charge on any atom is 0.410 e. The molecule has 2 heterocycles. The van der Waals surface area contributed by atoms with Crippen LogP contribution in [0.25, 0.3) is 0 Å². The van der Waals surface area contributed by atoms with Gasteiger partial charge in [0.2, 0.25) is 5.91 Å². The highest BCUT2D eigenvalue weighted by Crippen LogP contribution is 2.39. The van der Waals surface area contributed by atoms with E-state index in [4.69, 9.17) is 25.7 Å². The number of aryl methyl sites for hydroxylation is 2. The lowest BCUT2D eigenvalue weighted by Crippen LogP contribution is -2.49. The molecule has 17 nitrogen and oxygen atoms in total. The number of hydrogen-bond acceptors (Lipinski definition) is 13. The van der Waals surface area contributed by atoms with Crippen LogP contribution in [-0.2, 0) is 11.3 Å². The Hall–Kier alpha value is -6.36. The molecule has 1 aromatic heterocycles. The summed E-state index contributed by atoms with van der Waals surface area (Å²) >= 11 is 0. The van der Waals surface area contributed by atoms with Gasteiger partial charge in [-0.3, -0.25) is 29.0 Å². The number of piperazine rings is 1. The average Bonchev–Trinajstić information content (AvgIpc) is 3.58. The number of nitrogens with two attached hydrogens (primary N) is 2. The van der Waals surface area contributed by atoms with Gasteiger partial charge in [-0.15, -0.1) is 0 Å². The van der Waals surface area contributed by atoms with Crippen molar-refractivity contribution in [1.29, 1.82) is 0 Å². The molecule has 0 saturated carbocycles. The molecular weight excluding hydrogens is 745 g/mol. The van der Waals surface area contributed by atoms with E-state index in [0.29, 0.717) is 91.9 Å². The highest BCUT2D eigenvalue weighted by atomic mass is 16.6. The van der Waals surface area contributed by atoms with Crippen LogP contribution in [0.1, 0.15) is 64.6 Å². The van der Waals surface area contributed by atoms with Crippen molar-refractivity contribution < 1.29 is 33.4 Å². The van der Waals surface area contributed by atoms with Gasteiger partial charge in [-0.05, 0) is 71.7 Å². The predicted molar refractivity (Wildman–Crippen MR) is 226 cm³/mol. The van der Waals surface area contributed by atoms with E-state index in [0.717, 1.165) is 5.69 Å². The number of benzene rings is 2. The molecule has 2 aromatic carbocycles. The van der Waals surface area contributed by atoms with Gasteiger partial charge in [0.1, 0.15) is 47.1 Å². The molecule has 58 heavy (non-hydrogen) atoms. The molecule has 0 radical (unpaired) electrons. The number of amides is 3. The van der Waals surface area contributed by atoms with Gasteiger partial charge in [0, 0.05) is 63.5 Å². The Bertz CT molecular complexity index is 1990. The average molecular weight is 801 g/mol. The van der Waals surface area contributed by atoms with Crippen LogP contribution in [0.4, 0.5) is 27.5 Å². The van der Waals surface area contributed by atoms with Crippen LogP contribution in [0.2, 0.25) is 0 Å². The quantitative estimate of drug-likeness (QED) is 0.0437. The van der Waals surface area contributed by atoms with E-state index in [2.05, 4.69) is 32.3 Å². The van der Waals surface area contributed by atoms with Crippen LogP contribution in [0.5, 0.6) is 11.5 Å². The molecule has 0 unspecified atom stereocenters. The highest BCUT2D eigenvalue weighted by Gasteiger charge is 2.25. The van der Waals surface area contributed by atoms with E-state index >= 15 is 0 Å². The van der Waals surface area contributed by atoms with Gasteiger partial charge in [-0.2, -0.15) is 5.10 Å². The Kier molecular flexibility index (Phi) is 15.8. The van der Waals surface area contributed by atoms with Crippen molar-refractivity contribution in [1.82, 2.24) is 24.9 Å². The standard InChI is InChI=1S/C41H56N10O7/c1-8-51-33(21-28(2)47-51)39(54)46-27-50(37-32(44-6)22-29(26-52)23-35(37)56-7)15-10-9-13-45-36-31(42)24-30(38(43)53)25-34(36)57-20-12-11-14-48-16-18-49(19-17-48)40(55)58-41(3,4)5/h9-12,21-26,45H,6,8,13-20,27,42H2,1-5,7H3,(H2,43,53)(H,46,54)/b10-9+,12-11+. The third kappa shape index (κ3) is 12.3. The zero-order valence-corrected chi connectivity index (χ0v) is 34.2. The number of carbonyl (C=O) groups excluding carboxylic acids is 4. The number of nitrogen functional groups attached to an aromatic ring is 1. The molecule has 3 aromatic rings. The molecule has 4 rings (SSSR count). The van der Waals surface area contributed by atoms with Gasteiger partial charge in [0.25, 0.3) is 5.91 Å². The predicted octanol–water partition coefficient (Wildman–Crippen LogP) is 4.40. The molecule has 6 N–H and O–H groups in total. The Morgan fingerprint density at radius 2 is 1.78 bits per heavy atom. The van der Waals surface area contributed by atoms with Crippen LogP contribution >= 0.6 is 0 Å². The molecule has 0 aliphatic carbocycles. The normalized spacial score (nSPS) is 13.4. The first-order valence-electron chi connectivity index (χ1n) is 19.0. The van der Waals surface area contributed by atoms with Gasteiger partial charge in [0.15, 0.2) is 0 Å². The summed E-state index contributed by atoms with van der Waals surface area (Å²) < 4.78 is 18.8. The van der Waals surface area contributed by atoms with Gasteiger partial charge in [-0.25, -0.2) is 4.79 Å². The summed E-state index contributed by atoms with van der Waals surface area (Å²) in [6.45, 7) is 17.6. The maximum atomic E-state index is 13.3. The Balaban J connectivity index is 1.42. The van der Waals surface area contributed by atoms with Crippen molar-refractivity contribution in [3.63, 3.8) is 0 Å². The van der Waals surface area contributed by atoms with Gasteiger partial charge in [0.05, 0.1) is 30.8 Å². The van der Waals surface area contributed by atoms with Crippen LogP contribution in [0.3, 0.4) is 0 Å². The van der Waals surface area contributed by atoms with Crippen LogP contribution in [-0.4, -0.2) is 122 Å². The molecule has 17 heteroatoms. The number of carbonyl (C=O) groups is 4. The fourth-order valence-electron chi connectivity index (χ4n) is 6.14. The third-order valence-electron chi connectivity index (χ3n) is 8.98. The number of aromatic nitrogens is 2. The first-order chi connectivity index (χ1) is 27.7. The maximum absolute atomic E-state index is 13.3. The van der Waals surface area contributed by atoms with Crippen LogP contribution in [0.15, 0.2) is 59.6 Å². The summed E-state index contributed by atoms with van der Waals surface area (Å²) in [6.07, 6.45) is 8.01. The number of primary amides is 1. The van der Waals surface area contributed by atoms with Crippen molar-refractivity contribution in [2.75, 3.05) is 82.1 Å². The number of methoxy groups -OCH3 is 1. The number of hydrogen-bond donors (Lipinski definition) is 4. The fraction of sp³-hybridized carbons (Fsp3) is 0.415. The van der Waals surface area contributed by atoms with Crippen molar-refractivity contribution in [2.24, 2.45) is 10.7 Å². The number of aliphatic imine (C=N–C) groups is 1. The number of nitrogens with zero attached hydrogens (tertiary/aromatic N) is 6. The number of aldehydes is 1. The molecule has 0 spiro atoms. The van der Waals surface area contributed by atoms with E-state index in [1.54, 1.807) is 33.8 Å². The molecule has 1 fully saturated rings. The van der Waals surface area contributed by atoms with Crippen molar-refractivity contribution in [3.8, 4) is 11.5 Å². The molecule has 0 bridgehead atoms. The summed E-state index contributed by atoms with van der Waals surface area (Å²) in [5.41, 5.74) is 14.8. The van der Waals surface area contributed by atoms with Crippen LogP contribution in [0, 0.1) is 6.92 Å².